The van der Waals surface area contributed by atoms with Gasteiger partial charge in [0.25, 0.3) is 5.91 Å². The molecule has 0 saturated carbocycles. The van der Waals surface area contributed by atoms with Crippen molar-refractivity contribution in [2.75, 3.05) is 11.9 Å². The molecule has 25 heavy (non-hydrogen) atoms. The highest BCUT2D eigenvalue weighted by Gasteiger charge is 2.14. The van der Waals surface area contributed by atoms with Gasteiger partial charge in [-0.1, -0.05) is 43.3 Å². The summed E-state index contributed by atoms with van der Waals surface area (Å²) in [5, 5.41) is 2.70. The van der Waals surface area contributed by atoms with Gasteiger partial charge in [0.1, 0.15) is 11.0 Å². The highest BCUT2D eigenvalue weighted by molar-refractivity contribution is 7.00. The van der Waals surface area contributed by atoms with Crippen LogP contribution in [-0.2, 0) is 14.3 Å². The highest BCUT2D eigenvalue weighted by Crippen LogP contribution is 2.21. The number of esters is 1. The summed E-state index contributed by atoms with van der Waals surface area (Å²) in [6, 6.07) is 15.1. The molecule has 1 amide bonds. The van der Waals surface area contributed by atoms with Gasteiger partial charge in [0.15, 0.2) is 6.61 Å². The first-order valence-corrected chi connectivity index (χ1v) is 8.58. The van der Waals surface area contributed by atoms with Crippen molar-refractivity contribution >= 4 is 40.3 Å². The number of nitrogens with zero attached hydrogens (tertiary/aromatic N) is 2. The van der Waals surface area contributed by atoms with Crippen LogP contribution in [0.4, 0.5) is 5.69 Å². The minimum absolute atomic E-state index is 0.0339. The molecule has 1 N–H and O–H groups in total. The Balaban J connectivity index is 1.50. The molecule has 6 nitrogen and oxygen atoms in total. The van der Waals surface area contributed by atoms with Gasteiger partial charge in [-0.3, -0.25) is 9.59 Å². The Hall–Kier alpha value is -2.80. The second-order valence-corrected chi connectivity index (χ2v) is 6.19. The zero-order valence-electron chi connectivity index (χ0n) is 13.6. The fourth-order valence-corrected chi connectivity index (χ4v) is 3.00. The lowest BCUT2D eigenvalue weighted by Crippen LogP contribution is -2.21. The lowest BCUT2D eigenvalue weighted by molar-refractivity contribution is -0.147. The van der Waals surface area contributed by atoms with Crippen LogP contribution in [0.1, 0.15) is 24.8 Å². The number of benzene rings is 2. The maximum absolute atomic E-state index is 12.0. The summed E-state index contributed by atoms with van der Waals surface area (Å²) in [7, 11) is 0. The third-order valence-electron chi connectivity index (χ3n) is 3.77. The number of fused-ring (bicyclic) bond motifs is 1. The average Bonchev–Trinajstić information content (AvgIpc) is 3.10. The molecule has 0 aliphatic carbocycles. The molecule has 1 aromatic heterocycles. The van der Waals surface area contributed by atoms with Crippen molar-refractivity contribution in [1.82, 2.24) is 8.75 Å². The van der Waals surface area contributed by atoms with Crippen LogP contribution in [-0.4, -0.2) is 27.2 Å². The summed E-state index contributed by atoms with van der Waals surface area (Å²) in [5.74, 6) is -0.771. The molecule has 0 aliphatic heterocycles. The predicted molar refractivity (Wildman–Crippen MR) is 96.5 cm³/mol. The minimum Gasteiger partial charge on any atom is -0.456 e. The van der Waals surface area contributed by atoms with Crippen LogP contribution in [0.3, 0.4) is 0 Å². The largest absolute Gasteiger partial charge is 0.456 e. The van der Waals surface area contributed by atoms with E-state index >= 15 is 0 Å². The fraction of sp³-hybridized carbons (Fsp3) is 0.222. The van der Waals surface area contributed by atoms with Gasteiger partial charge in [-0.2, -0.15) is 8.75 Å². The molecular weight excluding hydrogens is 338 g/mol. The van der Waals surface area contributed by atoms with Gasteiger partial charge in [0.05, 0.1) is 23.8 Å². The van der Waals surface area contributed by atoms with Crippen LogP contribution in [0.5, 0.6) is 0 Å². The topological polar surface area (TPSA) is 81.2 Å². The zero-order chi connectivity index (χ0) is 17.6. The second kappa shape index (κ2) is 7.85. The fourth-order valence-electron chi connectivity index (χ4n) is 2.45. The van der Waals surface area contributed by atoms with Gasteiger partial charge in [-0.15, -0.1) is 0 Å². The summed E-state index contributed by atoms with van der Waals surface area (Å²) in [4.78, 5) is 23.9. The molecule has 3 aromatic rings. The highest BCUT2D eigenvalue weighted by atomic mass is 32.1. The molecule has 1 heterocycles. The van der Waals surface area contributed by atoms with Gasteiger partial charge in [-0.05, 0) is 23.6 Å². The van der Waals surface area contributed by atoms with E-state index in [0.29, 0.717) is 11.2 Å². The van der Waals surface area contributed by atoms with E-state index in [1.54, 1.807) is 12.1 Å². The van der Waals surface area contributed by atoms with E-state index in [2.05, 4.69) is 14.1 Å². The summed E-state index contributed by atoms with van der Waals surface area (Å²) < 4.78 is 13.3. The first-order valence-electron chi connectivity index (χ1n) is 7.85. The third-order valence-corrected chi connectivity index (χ3v) is 4.31. The average molecular weight is 355 g/mol. The number of carbonyl (C=O) groups excluding carboxylic acids is 2. The molecule has 1 atom stereocenters. The van der Waals surface area contributed by atoms with Gasteiger partial charge < -0.3 is 10.1 Å². The van der Waals surface area contributed by atoms with E-state index in [9.17, 15) is 9.59 Å². The summed E-state index contributed by atoms with van der Waals surface area (Å²) in [6.07, 6.45) is 0.225. The molecule has 0 bridgehead atoms. The molecule has 3 rings (SSSR count). The molecule has 0 saturated heterocycles. The van der Waals surface area contributed by atoms with E-state index in [0.717, 1.165) is 22.8 Å². The van der Waals surface area contributed by atoms with E-state index in [4.69, 9.17) is 4.74 Å². The molecule has 0 spiro atoms. The van der Waals surface area contributed by atoms with Crippen LogP contribution in [0, 0.1) is 0 Å². The first-order chi connectivity index (χ1) is 12.1. The van der Waals surface area contributed by atoms with Crippen molar-refractivity contribution in [2.45, 2.75) is 19.3 Å². The zero-order valence-corrected chi connectivity index (χ0v) is 14.5. The summed E-state index contributed by atoms with van der Waals surface area (Å²) >= 11 is 1.08. The van der Waals surface area contributed by atoms with Crippen molar-refractivity contribution < 1.29 is 14.3 Å². The van der Waals surface area contributed by atoms with Crippen molar-refractivity contribution in [3.05, 3.63) is 54.1 Å². The Morgan fingerprint density at radius 3 is 2.72 bits per heavy atom. The van der Waals surface area contributed by atoms with Gasteiger partial charge >= 0.3 is 5.97 Å². The molecular formula is C18H17N3O3S. The Morgan fingerprint density at radius 2 is 1.92 bits per heavy atom. The number of aromatic nitrogens is 2. The summed E-state index contributed by atoms with van der Waals surface area (Å²) in [6.45, 7) is 1.63. The van der Waals surface area contributed by atoms with Crippen LogP contribution < -0.4 is 5.32 Å². The smallest absolute Gasteiger partial charge is 0.306 e. The van der Waals surface area contributed by atoms with Crippen LogP contribution >= 0.6 is 11.7 Å². The van der Waals surface area contributed by atoms with Gasteiger partial charge in [0.2, 0.25) is 0 Å². The molecule has 0 fully saturated rings. The molecule has 2 aromatic carbocycles. The maximum atomic E-state index is 12.0. The molecule has 7 heteroatoms. The summed E-state index contributed by atoms with van der Waals surface area (Å²) in [5.41, 5.74) is 2.97. The number of hydrogen-bond acceptors (Lipinski definition) is 6. The van der Waals surface area contributed by atoms with Crippen molar-refractivity contribution in [3.63, 3.8) is 0 Å². The first kappa shape index (κ1) is 17.0. The van der Waals surface area contributed by atoms with Crippen molar-refractivity contribution in [3.8, 4) is 0 Å². The second-order valence-electron chi connectivity index (χ2n) is 5.66. The van der Waals surface area contributed by atoms with Crippen molar-refractivity contribution in [2.24, 2.45) is 0 Å². The van der Waals surface area contributed by atoms with Crippen LogP contribution in [0.15, 0.2) is 48.5 Å². The number of rotatable bonds is 6. The number of ether oxygens (including phenoxy) is 1. The Labute approximate surface area is 149 Å². The quantitative estimate of drug-likeness (QED) is 0.686. The predicted octanol–water partition coefficient (Wildman–Crippen LogP) is 3.37. The maximum Gasteiger partial charge on any atom is 0.306 e. The molecule has 0 aliphatic rings. The molecule has 0 radical (unpaired) electrons. The van der Waals surface area contributed by atoms with E-state index < -0.39 is 11.9 Å². The number of amides is 1. The minimum atomic E-state index is -0.403. The van der Waals surface area contributed by atoms with Crippen LogP contribution in [0.25, 0.3) is 11.0 Å². The number of hydrogen-bond donors (Lipinski definition) is 1. The lowest BCUT2D eigenvalue weighted by atomic mass is 9.98. The van der Waals surface area contributed by atoms with Crippen molar-refractivity contribution in [1.29, 1.82) is 0 Å². The SMILES string of the molecule is C[C@@H](CC(=O)OCC(=O)Nc1cccc2nsnc12)c1ccccc1. The van der Waals surface area contributed by atoms with E-state index in [1.807, 2.05) is 43.3 Å². The normalized spacial score (nSPS) is 11.9. The Morgan fingerprint density at radius 1 is 1.12 bits per heavy atom. The van der Waals surface area contributed by atoms with E-state index in [1.165, 1.54) is 0 Å². The number of nitrogens with one attached hydrogen (secondary N) is 1. The molecule has 0 unspecified atom stereocenters. The number of carbonyl (C=O) groups is 2. The van der Waals surface area contributed by atoms with Gasteiger partial charge in [0, 0.05) is 0 Å². The van der Waals surface area contributed by atoms with E-state index in [-0.39, 0.29) is 18.9 Å². The Kier molecular flexibility index (Phi) is 5.35. The number of anilines is 1. The van der Waals surface area contributed by atoms with Crippen LogP contribution in [0.2, 0.25) is 0 Å². The Bertz CT molecular complexity index is 879. The monoisotopic (exact) mass is 355 g/mol. The standard InChI is InChI=1S/C18H17N3O3S/c1-12(13-6-3-2-4-7-13)10-17(23)24-11-16(22)19-14-8-5-9-15-18(14)21-25-20-15/h2-9,12H,10-11H2,1H3,(H,19,22)/t12-/m0/s1. The lowest BCUT2D eigenvalue weighted by Gasteiger charge is -2.11. The third kappa shape index (κ3) is 4.39. The van der Waals surface area contributed by atoms with Gasteiger partial charge in [-0.25, -0.2) is 0 Å². The molecule has 128 valence electrons.